The molecular formula is C13H12N2O3. The Bertz CT molecular complexity index is 512. The van der Waals surface area contributed by atoms with Crippen LogP contribution in [0.15, 0.2) is 42.9 Å². The van der Waals surface area contributed by atoms with Crippen LogP contribution in [0, 0.1) is 0 Å². The van der Waals surface area contributed by atoms with Gasteiger partial charge in [0.2, 0.25) is 0 Å². The summed E-state index contributed by atoms with van der Waals surface area (Å²) in [5.74, 6) is 0.295. The molecule has 0 aliphatic rings. The van der Waals surface area contributed by atoms with Crippen molar-refractivity contribution in [2.45, 2.75) is 6.61 Å². The zero-order chi connectivity index (χ0) is 12.8. The Morgan fingerprint density at radius 3 is 2.61 bits per heavy atom. The molecule has 2 rings (SSSR count). The zero-order valence-corrected chi connectivity index (χ0v) is 9.87. The quantitative estimate of drug-likeness (QED) is 0.768. The van der Waals surface area contributed by atoms with Crippen LogP contribution in [0.4, 0.5) is 0 Å². The van der Waals surface area contributed by atoms with Crippen LogP contribution < -0.4 is 4.74 Å². The van der Waals surface area contributed by atoms with E-state index in [0.717, 1.165) is 5.69 Å². The van der Waals surface area contributed by atoms with Crippen molar-refractivity contribution in [3.8, 4) is 5.75 Å². The highest BCUT2D eigenvalue weighted by atomic mass is 16.5. The van der Waals surface area contributed by atoms with E-state index < -0.39 is 0 Å². The van der Waals surface area contributed by atoms with Crippen LogP contribution in [0.5, 0.6) is 5.75 Å². The fourth-order valence-electron chi connectivity index (χ4n) is 1.37. The van der Waals surface area contributed by atoms with Crippen LogP contribution in [0.3, 0.4) is 0 Å². The third kappa shape index (κ3) is 3.04. The lowest BCUT2D eigenvalue weighted by atomic mass is 10.2. The Morgan fingerprint density at radius 1 is 1.22 bits per heavy atom. The molecule has 0 aliphatic heterocycles. The van der Waals surface area contributed by atoms with Gasteiger partial charge in [0.1, 0.15) is 12.4 Å². The number of esters is 1. The Labute approximate surface area is 104 Å². The van der Waals surface area contributed by atoms with E-state index in [9.17, 15) is 4.79 Å². The number of nitrogens with zero attached hydrogens (tertiary/aromatic N) is 2. The first kappa shape index (κ1) is 12.0. The van der Waals surface area contributed by atoms with Crippen molar-refractivity contribution in [2.24, 2.45) is 0 Å². The lowest BCUT2D eigenvalue weighted by molar-refractivity contribution is 0.0600. The number of rotatable bonds is 4. The van der Waals surface area contributed by atoms with Crippen molar-refractivity contribution in [2.75, 3.05) is 7.11 Å². The molecule has 1 aromatic carbocycles. The summed E-state index contributed by atoms with van der Waals surface area (Å²) in [7, 11) is 1.35. The van der Waals surface area contributed by atoms with E-state index in [4.69, 9.17) is 4.74 Å². The Morgan fingerprint density at radius 2 is 2.00 bits per heavy atom. The minimum absolute atomic E-state index is 0.339. The van der Waals surface area contributed by atoms with Crippen LogP contribution in [0.1, 0.15) is 16.1 Å². The number of hydrogen-bond donors (Lipinski definition) is 0. The summed E-state index contributed by atoms with van der Waals surface area (Å²) in [5, 5.41) is 0. The molecule has 5 nitrogen and oxygen atoms in total. The average molecular weight is 244 g/mol. The van der Waals surface area contributed by atoms with E-state index in [0.29, 0.717) is 17.9 Å². The summed E-state index contributed by atoms with van der Waals surface area (Å²) in [6.07, 6.45) is 4.86. The normalized spacial score (nSPS) is 9.83. The summed E-state index contributed by atoms with van der Waals surface area (Å²) in [6, 6.07) is 6.72. The van der Waals surface area contributed by atoms with Crippen LogP contribution in [0.25, 0.3) is 0 Å². The molecular weight excluding hydrogens is 232 g/mol. The maximum absolute atomic E-state index is 11.2. The second-order valence-electron chi connectivity index (χ2n) is 3.50. The summed E-state index contributed by atoms with van der Waals surface area (Å²) in [4.78, 5) is 19.3. The van der Waals surface area contributed by atoms with Gasteiger partial charge in [0.05, 0.1) is 24.6 Å². The van der Waals surface area contributed by atoms with Gasteiger partial charge in [-0.2, -0.15) is 0 Å². The molecule has 0 radical (unpaired) electrons. The first-order valence-electron chi connectivity index (χ1n) is 5.35. The van der Waals surface area contributed by atoms with Crippen molar-refractivity contribution in [1.82, 2.24) is 9.97 Å². The van der Waals surface area contributed by atoms with Crippen LogP contribution in [0.2, 0.25) is 0 Å². The summed E-state index contributed by atoms with van der Waals surface area (Å²) >= 11 is 0. The van der Waals surface area contributed by atoms with Crippen molar-refractivity contribution in [3.05, 3.63) is 54.1 Å². The van der Waals surface area contributed by atoms with E-state index in [1.807, 2.05) is 0 Å². The van der Waals surface area contributed by atoms with Gasteiger partial charge in [0.15, 0.2) is 0 Å². The van der Waals surface area contributed by atoms with E-state index in [2.05, 4.69) is 14.7 Å². The Hall–Kier alpha value is -2.43. The standard InChI is InChI=1S/C13H12N2O3/c1-17-13(16)10-2-4-12(5-3-10)18-9-11-8-14-6-7-15-11/h2-8H,9H2,1H3. The smallest absolute Gasteiger partial charge is 0.337 e. The van der Waals surface area contributed by atoms with Gasteiger partial charge in [0, 0.05) is 12.4 Å². The maximum Gasteiger partial charge on any atom is 0.337 e. The molecule has 0 saturated heterocycles. The lowest BCUT2D eigenvalue weighted by Gasteiger charge is -2.05. The second kappa shape index (κ2) is 5.77. The van der Waals surface area contributed by atoms with Gasteiger partial charge in [-0.1, -0.05) is 0 Å². The van der Waals surface area contributed by atoms with Crippen molar-refractivity contribution < 1.29 is 14.3 Å². The fraction of sp³-hybridized carbons (Fsp3) is 0.154. The predicted octanol–water partition coefficient (Wildman–Crippen LogP) is 1.84. The van der Waals surface area contributed by atoms with Gasteiger partial charge in [-0.25, -0.2) is 4.79 Å². The van der Waals surface area contributed by atoms with Crippen molar-refractivity contribution in [3.63, 3.8) is 0 Å². The maximum atomic E-state index is 11.2. The Kier molecular flexibility index (Phi) is 3.86. The first-order chi connectivity index (χ1) is 8.79. The highest BCUT2D eigenvalue weighted by molar-refractivity contribution is 5.89. The zero-order valence-electron chi connectivity index (χ0n) is 9.87. The summed E-state index contributed by atoms with van der Waals surface area (Å²) in [6.45, 7) is 0.339. The fourth-order valence-corrected chi connectivity index (χ4v) is 1.37. The van der Waals surface area contributed by atoms with Gasteiger partial charge < -0.3 is 9.47 Å². The number of aromatic nitrogens is 2. The van der Waals surface area contributed by atoms with Gasteiger partial charge in [-0.15, -0.1) is 0 Å². The van der Waals surface area contributed by atoms with E-state index >= 15 is 0 Å². The minimum atomic E-state index is -0.365. The lowest BCUT2D eigenvalue weighted by Crippen LogP contribution is -2.01. The molecule has 1 aromatic heterocycles. The molecule has 0 atom stereocenters. The van der Waals surface area contributed by atoms with Gasteiger partial charge in [-0.05, 0) is 24.3 Å². The molecule has 18 heavy (non-hydrogen) atoms. The number of carbonyl (C=O) groups excluding carboxylic acids is 1. The molecule has 0 bridgehead atoms. The SMILES string of the molecule is COC(=O)c1ccc(OCc2cnccn2)cc1. The molecule has 5 heteroatoms. The van der Waals surface area contributed by atoms with E-state index in [1.165, 1.54) is 7.11 Å². The molecule has 0 fully saturated rings. The van der Waals surface area contributed by atoms with Gasteiger partial charge in [0.25, 0.3) is 0 Å². The molecule has 0 amide bonds. The molecule has 0 saturated carbocycles. The minimum Gasteiger partial charge on any atom is -0.487 e. The third-order valence-electron chi connectivity index (χ3n) is 2.28. The monoisotopic (exact) mass is 244 g/mol. The van der Waals surface area contributed by atoms with Crippen LogP contribution in [-0.2, 0) is 11.3 Å². The highest BCUT2D eigenvalue weighted by Crippen LogP contribution is 2.14. The number of benzene rings is 1. The van der Waals surface area contributed by atoms with Crippen LogP contribution >= 0.6 is 0 Å². The second-order valence-corrected chi connectivity index (χ2v) is 3.50. The predicted molar refractivity (Wildman–Crippen MR) is 64.1 cm³/mol. The summed E-state index contributed by atoms with van der Waals surface area (Å²) in [5.41, 5.74) is 1.24. The van der Waals surface area contributed by atoms with Gasteiger partial charge in [-0.3, -0.25) is 9.97 Å². The summed E-state index contributed by atoms with van der Waals surface area (Å²) < 4.78 is 10.1. The number of carbonyl (C=O) groups is 1. The molecule has 0 aliphatic carbocycles. The number of ether oxygens (including phenoxy) is 2. The molecule has 2 aromatic rings. The molecule has 92 valence electrons. The Balaban J connectivity index is 1.97. The number of hydrogen-bond acceptors (Lipinski definition) is 5. The largest absolute Gasteiger partial charge is 0.487 e. The van der Waals surface area contributed by atoms with Crippen LogP contribution in [-0.4, -0.2) is 23.0 Å². The molecule has 1 heterocycles. The average Bonchev–Trinajstić information content (AvgIpc) is 2.46. The first-order valence-corrected chi connectivity index (χ1v) is 5.35. The number of methoxy groups -OCH3 is 1. The molecule has 0 unspecified atom stereocenters. The topological polar surface area (TPSA) is 61.3 Å². The van der Waals surface area contributed by atoms with Crippen molar-refractivity contribution >= 4 is 5.97 Å². The highest BCUT2D eigenvalue weighted by Gasteiger charge is 2.04. The van der Waals surface area contributed by atoms with Crippen molar-refractivity contribution in [1.29, 1.82) is 0 Å². The van der Waals surface area contributed by atoms with E-state index in [1.54, 1.807) is 42.9 Å². The van der Waals surface area contributed by atoms with E-state index in [-0.39, 0.29) is 5.97 Å². The third-order valence-corrected chi connectivity index (χ3v) is 2.28. The molecule has 0 spiro atoms. The van der Waals surface area contributed by atoms with Gasteiger partial charge >= 0.3 is 5.97 Å². The molecule has 0 N–H and O–H groups in total.